The molecule has 0 radical (unpaired) electrons. The number of ether oxygens (including phenoxy) is 2. The van der Waals surface area contributed by atoms with E-state index in [0.717, 1.165) is 45.8 Å². The number of nitrogens with zero attached hydrogens (tertiary/aromatic N) is 2. The van der Waals surface area contributed by atoms with Crippen LogP contribution < -0.4 is 10.6 Å². The predicted octanol–water partition coefficient (Wildman–Crippen LogP) is 1.63. The first-order valence-electron chi connectivity index (χ1n) is 9.77. The summed E-state index contributed by atoms with van der Waals surface area (Å²) in [6, 6.07) is 0.421. The summed E-state index contributed by atoms with van der Waals surface area (Å²) in [5, 5.41) is 6.59. The number of guanidine groups is 1. The first-order chi connectivity index (χ1) is 12.2. The zero-order chi connectivity index (χ0) is 19.6. The first-order valence-corrected chi connectivity index (χ1v) is 9.77. The smallest absolute Gasteiger partial charge is 0.328 e. The molecule has 1 unspecified atom stereocenters. The highest BCUT2D eigenvalue weighted by atomic mass is 16.6. The molecule has 0 saturated carbocycles. The Hall–Kier alpha value is -1.34. The van der Waals surface area contributed by atoms with Crippen molar-refractivity contribution in [1.29, 1.82) is 0 Å². The fourth-order valence-corrected chi connectivity index (χ4v) is 2.92. The number of rotatable bonds is 8. The fraction of sp³-hybridized carbons (Fsp3) is 0.895. The summed E-state index contributed by atoms with van der Waals surface area (Å²) >= 11 is 0. The van der Waals surface area contributed by atoms with Gasteiger partial charge in [0.05, 0.1) is 13.2 Å². The van der Waals surface area contributed by atoms with Crippen LogP contribution in [0.4, 0.5) is 0 Å². The highest BCUT2D eigenvalue weighted by Gasteiger charge is 2.22. The van der Waals surface area contributed by atoms with E-state index in [-0.39, 0.29) is 12.5 Å². The molecule has 0 aromatic heterocycles. The van der Waals surface area contributed by atoms with Crippen LogP contribution in [0, 0.1) is 5.92 Å². The number of esters is 1. The van der Waals surface area contributed by atoms with Gasteiger partial charge >= 0.3 is 5.97 Å². The molecule has 1 aliphatic heterocycles. The molecule has 1 fully saturated rings. The Bertz CT molecular complexity index is 441. The second-order valence-corrected chi connectivity index (χ2v) is 8.09. The number of carbonyl (C=O) groups excluding carboxylic acids is 1. The van der Waals surface area contributed by atoms with Gasteiger partial charge in [-0.05, 0) is 40.0 Å². The molecular weight excluding hydrogens is 332 g/mol. The third-order valence-corrected chi connectivity index (χ3v) is 3.94. The molecule has 0 bridgehead atoms. The van der Waals surface area contributed by atoms with Gasteiger partial charge in [-0.15, -0.1) is 0 Å². The van der Waals surface area contributed by atoms with Crippen molar-refractivity contribution < 1.29 is 14.3 Å². The fourth-order valence-electron chi connectivity index (χ4n) is 2.92. The van der Waals surface area contributed by atoms with Crippen LogP contribution in [-0.2, 0) is 14.3 Å². The maximum absolute atomic E-state index is 11.9. The molecule has 0 amide bonds. The Morgan fingerprint density at radius 2 is 1.88 bits per heavy atom. The van der Waals surface area contributed by atoms with Gasteiger partial charge in [-0.3, -0.25) is 9.69 Å². The average molecular weight is 371 g/mol. The summed E-state index contributed by atoms with van der Waals surface area (Å²) in [6.45, 7) is 17.1. The largest absolute Gasteiger partial charge is 0.459 e. The minimum atomic E-state index is -0.489. The van der Waals surface area contributed by atoms with Gasteiger partial charge in [0.25, 0.3) is 0 Å². The third kappa shape index (κ3) is 9.97. The lowest BCUT2D eigenvalue weighted by atomic mass is 10.0. The van der Waals surface area contributed by atoms with Gasteiger partial charge < -0.3 is 20.1 Å². The molecule has 0 spiro atoms. The van der Waals surface area contributed by atoms with Crippen molar-refractivity contribution in [3.8, 4) is 0 Å². The number of hydrogen-bond acceptors (Lipinski definition) is 5. The maximum Gasteiger partial charge on any atom is 0.328 e. The minimum Gasteiger partial charge on any atom is -0.459 e. The lowest BCUT2D eigenvalue weighted by molar-refractivity contribution is -0.152. The van der Waals surface area contributed by atoms with E-state index in [1.807, 2.05) is 27.7 Å². The molecule has 1 rings (SSSR count). The quantitative estimate of drug-likeness (QED) is 0.384. The van der Waals surface area contributed by atoms with E-state index in [1.54, 1.807) is 0 Å². The molecule has 152 valence electrons. The van der Waals surface area contributed by atoms with Crippen molar-refractivity contribution in [3.05, 3.63) is 0 Å². The van der Waals surface area contributed by atoms with E-state index in [1.165, 1.54) is 0 Å². The zero-order valence-electron chi connectivity index (χ0n) is 17.4. The van der Waals surface area contributed by atoms with E-state index >= 15 is 0 Å². The molecule has 1 saturated heterocycles. The molecule has 2 N–H and O–H groups in total. The first kappa shape index (κ1) is 22.7. The molecule has 1 atom stereocenters. The summed E-state index contributed by atoms with van der Waals surface area (Å²) in [4.78, 5) is 18.7. The summed E-state index contributed by atoms with van der Waals surface area (Å²) < 4.78 is 10.8. The number of nitrogens with one attached hydrogen (secondary N) is 2. The number of morpholine rings is 1. The van der Waals surface area contributed by atoms with Crippen molar-refractivity contribution in [2.45, 2.75) is 59.6 Å². The highest BCUT2D eigenvalue weighted by Crippen LogP contribution is 2.13. The lowest BCUT2D eigenvalue weighted by Crippen LogP contribution is -2.51. The van der Waals surface area contributed by atoms with Crippen molar-refractivity contribution in [3.63, 3.8) is 0 Å². The number of hydrogen-bond donors (Lipinski definition) is 2. The summed E-state index contributed by atoms with van der Waals surface area (Å²) in [5.41, 5.74) is -0.489. The molecule has 0 aromatic carbocycles. The molecule has 0 aliphatic carbocycles. The van der Waals surface area contributed by atoms with Gasteiger partial charge in [0.1, 0.15) is 12.1 Å². The van der Waals surface area contributed by atoms with Crippen LogP contribution in [0.3, 0.4) is 0 Å². The van der Waals surface area contributed by atoms with Gasteiger partial charge in [0.2, 0.25) is 0 Å². The second kappa shape index (κ2) is 11.4. The summed E-state index contributed by atoms with van der Waals surface area (Å²) in [5.74, 6) is 0.952. The highest BCUT2D eigenvalue weighted by molar-refractivity contribution is 5.83. The van der Waals surface area contributed by atoms with Crippen molar-refractivity contribution in [1.82, 2.24) is 15.5 Å². The Morgan fingerprint density at radius 1 is 1.23 bits per heavy atom. The molecule has 1 heterocycles. The van der Waals surface area contributed by atoms with E-state index in [2.05, 4.69) is 34.4 Å². The Labute approximate surface area is 158 Å². The van der Waals surface area contributed by atoms with Gasteiger partial charge in [-0.1, -0.05) is 13.8 Å². The second-order valence-electron chi connectivity index (χ2n) is 8.09. The van der Waals surface area contributed by atoms with Crippen LogP contribution in [0.15, 0.2) is 4.99 Å². The lowest BCUT2D eigenvalue weighted by Gasteiger charge is -2.35. The van der Waals surface area contributed by atoms with Gasteiger partial charge in [-0.25, -0.2) is 4.99 Å². The Morgan fingerprint density at radius 3 is 2.42 bits per heavy atom. The van der Waals surface area contributed by atoms with Crippen LogP contribution in [0.25, 0.3) is 0 Å². The SMILES string of the molecule is CCNC(=NCC(=O)OC(C)(C)C)NCC(CC(C)C)N1CCOCC1. The van der Waals surface area contributed by atoms with Crippen molar-refractivity contribution in [2.24, 2.45) is 10.9 Å². The Kier molecular flexibility index (Phi) is 9.94. The van der Waals surface area contributed by atoms with Crippen LogP contribution in [0.2, 0.25) is 0 Å². The normalized spacial score (nSPS) is 17.9. The molecule has 7 heteroatoms. The molecule has 0 aromatic rings. The van der Waals surface area contributed by atoms with Crippen LogP contribution in [-0.4, -0.2) is 74.4 Å². The van der Waals surface area contributed by atoms with Crippen LogP contribution >= 0.6 is 0 Å². The topological polar surface area (TPSA) is 75.2 Å². The van der Waals surface area contributed by atoms with Crippen LogP contribution in [0.5, 0.6) is 0 Å². The number of aliphatic imine (C=N–C) groups is 1. The standard InChI is InChI=1S/C19H38N4O3/c1-7-20-18(22-14-17(24)26-19(4,5)6)21-13-16(12-15(2)3)23-8-10-25-11-9-23/h15-16H,7-14H2,1-6H3,(H2,20,21,22). The van der Waals surface area contributed by atoms with E-state index in [4.69, 9.17) is 9.47 Å². The monoisotopic (exact) mass is 370 g/mol. The van der Waals surface area contributed by atoms with Crippen LogP contribution in [0.1, 0.15) is 48.0 Å². The summed E-state index contributed by atoms with van der Waals surface area (Å²) in [6.07, 6.45) is 1.11. The van der Waals surface area contributed by atoms with Gasteiger partial charge in [0, 0.05) is 32.2 Å². The van der Waals surface area contributed by atoms with E-state index in [0.29, 0.717) is 17.9 Å². The molecule has 1 aliphatic rings. The predicted molar refractivity (Wildman–Crippen MR) is 105 cm³/mol. The average Bonchev–Trinajstić information content (AvgIpc) is 2.55. The third-order valence-electron chi connectivity index (χ3n) is 3.94. The molecular formula is C19H38N4O3. The minimum absolute atomic E-state index is 0.0129. The van der Waals surface area contributed by atoms with E-state index in [9.17, 15) is 4.79 Å². The Balaban J connectivity index is 2.61. The van der Waals surface area contributed by atoms with E-state index < -0.39 is 5.60 Å². The molecule has 7 nitrogen and oxygen atoms in total. The maximum atomic E-state index is 11.9. The summed E-state index contributed by atoms with van der Waals surface area (Å²) in [7, 11) is 0. The number of carbonyl (C=O) groups is 1. The zero-order valence-corrected chi connectivity index (χ0v) is 17.4. The van der Waals surface area contributed by atoms with Gasteiger partial charge in [0.15, 0.2) is 5.96 Å². The van der Waals surface area contributed by atoms with Gasteiger partial charge in [-0.2, -0.15) is 0 Å². The van der Waals surface area contributed by atoms with Crippen molar-refractivity contribution >= 4 is 11.9 Å². The van der Waals surface area contributed by atoms with Crippen molar-refractivity contribution in [2.75, 3.05) is 45.9 Å². The molecule has 26 heavy (non-hydrogen) atoms.